The summed E-state index contributed by atoms with van der Waals surface area (Å²) >= 11 is 6.07. The lowest BCUT2D eigenvalue weighted by atomic mass is 10.1. The van der Waals surface area contributed by atoms with Crippen molar-refractivity contribution in [1.82, 2.24) is 24.8 Å². The quantitative estimate of drug-likeness (QED) is 0.619. The molecule has 10 heteroatoms. The topological polar surface area (TPSA) is 92.6 Å². The van der Waals surface area contributed by atoms with Gasteiger partial charge in [-0.3, -0.25) is 9.59 Å². The Kier molecular flexibility index (Phi) is 6.62. The van der Waals surface area contributed by atoms with Gasteiger partial charge in [0.1, 0.15) is 5.75 Å². The number of carbonyl (C=O) groups excluding carboxylic acids is 2. The zero-order chi connectivity index (χ0) is 23.5. The molecule has 1 fully saturated rings. The van der Waals surface area contributed by atoms with Crippen molar-refractivity contribution in [3.05, 3.63) is 64.4 Å². The van der Waals surface area contributed by atoms with Crippen LogP contribution in [0.1, 0.15) is 26.5 Å². The summed E-state index contributed by atoms with van der Waals surface area (Å²) in [4.78, 5) is 30.0. The molecule has 0 atom stereocenters. The van der Waals surface area contributed by atoms with Crippen LogP contribution in [0.5, 0.6) is 5.75 Å². The predicted octanol–water partition coefficient (Wildman–Crippen LogP) is 2.88. The smallest absolute Gasteiger partial charge is 0.278 e. The van der Waals surface area contributed by atoms with Gasteiger partial charge in [-0.1, -0.05) is 22.9 Å². The summed E-state index contributed by atoms with van der Waals surface area (Å²) in [5.74, 6) is -0.0919. The molecule has 2 heterocycles. The monoisotopic (exact) mass is 468 g/mol. The van der Waals surface area contributed by atoms with E-state index in [0.29, 0.717) is 46.5 Å². The number of aromatic nitrogens is 3. The number of hydrogen-bond donors (Lipinski definition) is 1. The summed E-state index contributed by atoms with van der Waals surface area (Å²) in [6.07, 6.45) is 0. The zero-order valence-electron chi connectivity index (χ0n) is 18.7. The predicted molar refractivity (Wildman–Crippen MR) is 125 cm³/mol. The molecule has 0 radical (unpaired) electrons. The van der Waals surface area contributed by atoms with Crippen LogP contribution in [0.2, 0.25) is 5.02 Å². The van der Waals surface area contributed by atoms with Gasteiger partial charge in [0.15, 0.2) is 5.69 Å². The van der Waals surface area contributed by atoms with Crippen LogP contribution in [0.15, 0.2) is 42.5 Å². The minimum absolute atomic E-state index is 0.0793. The van der Waals surface area contributed by atoms with Crippen molar-refractivity contribution >= 4 is 29.1 Å². The average Bonchev–Trinajstić information content (AvgIpc) is 3.20. The van der Waals surface area contributed by atoms with Gasteiger partial charge in [0, 0.05) is 36.8 Å². The van der Waals surface area contributed by atoms with E-state index < -0.39 is 5.91 Å². The lowest BCUT2D eigenvalue weighted by Gasteiger charge is -2.32. The maximum absolute atomic E-state index is 13.0. The first-order chi connectivity index (χ1) is 15.9. The molecule has 1 aliphatic rings. The molecular weight excluding hydrogens is 444 g/mol. The first-order valence-electron chi connectivity index (χ1n) is 10.5. The van der Waals surface area contributed by atoms with Gasteiger partial charge in [0.05, 0.1) is 24.2 Å². The molecule has 1 saturated heterocycles. The number of carbonyl (C=O) groups is 2. The van der Waals surface area contributed by atoms with Gasteiger partial charge < -0.3 is 19.9 Å². The molecule has 0 unspecified atom stereocenters. The van der Waals surface area contributed by atoms with E-state index >= 15 is 0 Å². The van der Waals surface area contributed by atoms with E-state index in [1.807, 2.05) is 18.0 Å². The van der Waals surface area contributed by atoms with Crippen LogP contribution >= 0.6 is 11.6 Å². The maximum atomic E-state index is 13.0. The van der Waals surface area contributed by atoms with Crippen molar-refractivity contribution in [3.63, 3.8) is 0 Å². The molecule has 1 N–H and O–H groups in total. The molecule has 2 aromatic carbocycles. The molecule has 0 bridgehead atoms. The summed E-state index contributed by atoms with van der Waals surface area (Å²) in [5.41, 5.74) is 2.28. The molecule has 1 aliphatic heterocycles. The van der Waals surface area contributed by atoms with Crippen LogP contribution in [0.25, 0.3) is 5.69 Å². The third kappa shape index (κ3) is 4.84. The summed E-state index contributed by atoms with van der Waals surface area (Å²) in [6, 6.07) is 12.1. The molecule has 33 heavy (non-hydrogen) atoms. The fraction of sp³-hybridized carbons (Fsp3) is 0.304. The van der Waals surface area contributed by atoms with E-state index in [1.54, 1.807) is 48.0 Å². The number of anilines is 1. The fourth-order valence-electron chi connectivity index (χ4n) is 3.70. The number of benzene rings is 2. The van der Waals surface area contributed by atoms with Gasteiger partial charge >= 0.3 is 0 Å². The van der Waals surface area contributed by atoms with Crippen molar-refractivity contribution in [2.75, 3.05) is 45.7 Å². The fourth-order valence-corrected chi connectivity index (χ4v) is 3.89. The third-order valence-electron chi connectivity index (χ3n) is 5.65. The highest BCUT2D eigenvalue weighted by Crippen LogP contribution is 2.27. The highest BCUT2D eigenvalue weighted by atomic mass is 35.5. The Labute approximate surface area is 196 Å². The lowest BCUT2D eigenvalue weighted by Crippen LogP contribution is -2.47. The second-order valence-electron chi connectivity index (χ2n) is 7.88. The summed E-state index contributed by atoms with van der Waals surface area (Å²) in [6.45, 7) is 4.73. The Hall–Kier alpha value is -3.43. The van der Waals surface area contributed by atoms with Gasteiger partial charge in [0.2, 0.25) is 0 Å². The highest BCUT2D eigenvalue weighted by molar-refractivity contribution is 6.30. The molecule has 0 saturated carbocycles. The SMILES string of the molecule is COc1ccc(C(=O)N2CCN(C)CC2)cc1NC(=O)c1nnn(-c2cccc(Cl)c2)c1C. The second kappa shape index (κ2) is 9.60. The van der Waals surface area contributed by atoms with Gasteiger partial charge in [-0.15, -0.1) is 5.10 Å². The Morgan fingerprint density at radius 2 is 1.85 bits per heavy atom. The van der Waals surface area contributed by atoms with Gasteiger partial charge in [0.25, 0.3) is 11.8 Å². The van der Waals surface area contributed by atoms with Crippen LogP contribution in [-0.2, 0) is 0 Å². The molecule has 0 aliphatic carbocycles. The molecule has 4 rings (SSSR count). The molecule has 3 aromatic rings. The molecule has 1 aromatic heterocycles. The lowest BCUT2D eigenvalue weighted by molar-refractivity contribution is 0.0664. The van der Waals surface area contributed by atoms with Crippen molar-refractivity contribution in [2.45, 2.75) is 6.92 Å². The third-order valence-corrected chi connectivity index (χ3v) is 5.88. The number of likely N-dealkylation sites (N-methyl/N-ethyl adjacent to an activating group) is 1. The summed E-state index contributed by atoms with van der Waals surface area (Å²) < 4.78 is 6.94. The Balaban J connectivity index is 1.56. The van der Waals surface area contributed by atoms with Crippen molar-refractivity contribution in [1.29, 1.82) is 0 Å². The number of rotatable bonds is 5. The number of hydrogen-bond acceptors (Lipinski definition) is 6. The first-order valence-corrected chi connectivity index (χ1v) is 10.9. The average molecular weight is 469 g/mol. The minimum atomic E-state index is -0.455. The van der Waals surface area contributed by atoms with Crippen molar-refractivity contribution < 1.29 is 14.3 Å². The number of ether oxygens (including phenoxy) is 1. The van der Waals surface area contributed by atoms with E-state index in [9.17, 15) is 9.59 Å². The van der Waals surface area contributed by atoms with E-state index in [4.69, 9.17) is 16.3 Å². The normalized spacial score (nSPS) is 14.2. The number of nitrogens with zero attached hydrogens (tertiary/aromatic N) is 5. The number of halogens is 1. The zero-order valence-corrected chi connectivity index (χ0v) is 19.5. The first kappa shape index (κ1) is 22.8. The highest BCUT2D eigenvalue weighted by Gasteiger charge is 2.23. The number of piperazine rings is 1. The standard InChI is InChI=1S/C23H25ClN6O3/c1-15-21(26-27-30(15)18-6-4-5-17(24)14-18)22(31)25-19-13-16(7-8-20(19)33-3)23(32)29-11-9-28(2)10-12-29/h4-8,13-14H,9-12H2,1-3H3,(H,25,31). The van der Waals surface area contributed by atoms with Gasteiger partial charge in [-0.05, 0) is 50.4 Å². The maximum Gasteiger partial charge on any atom is 0.278 e. The Morgan fingerprint density at radius 1 is 1.09 bits per heavy atom. The van der Waals surface area contributed by atoms with E-state index in [1.165, 1.54) is 7.11 Å². The number of amides is 2. The Morgan fingerprint density at radius 3 is 2.55 bits per heavy atom. The second-order valence-corrected chi connectivity index (χ2v) is 8.32. The van der Waals surface area contributed by atoms with E-state index in [0.717, 1.165) is 13.1 Å². The van der Waals surface area contributed by atoms with E-state index in [2.05, 4.69) is 20.5 Å². The van der Waals surface area contributed by atoms with Crippen LogP contribution < -0.4 is 10.1 Å². The summed E-state index contributed by atoms with van der Waals surface area (Å²) in [5, 5.41) is 11.5. The van der Waals surface area contributed by atoms with Crippen LogP contribution in [0.4, 0.5) is 5.69 Å². The Bertz CT molecular complexity index is 1190. The number of methoxy groups -OCH3 is 1. The van der Waals surface area contributed by atoms with Gasteiger partial charge in [-0.2, -0.15) is 0 Å². The molecule has 172 valence electrons. The van der Waals surface area contributed by atoms with Gasteiger partial charge in [-0.25, -0.2) is 4.68 Å². The largest absolute Gasteiger partial charge is 0.495 e. The van der Waals surface area contributed by atoms with Crippen LogP contribution in [-0.4, -0.2) is 76.9 Å². The number of nitrogens with one attached hydrogen (secondary N) is 1. The van der Waals surface area contributed by atoms with Crippen LogP contribution in [0.3, 0.4) is 0 Å². The summed E-state index contributed by atoms with van der Waals surface area (Å²) in [7, 11) is 3.54. The minimum Gasteiger partial charge on any atom is -0.495 e. The molecule has 0 spiro atoms. The molecule has 9 nitrogen and oxygen atoms in total. The van der Waals surface area contributed by atoms with Crippen molar-refractivity contribution in [2.24, 2.45) is 0 Å². The van der Waals surface area contributed by atoms with E-state index in [-0.39, 0.29) is 11.6 Å². The van der Waals surface area contributed by atoms with Crippen LogP contribution in [0, 0.1) is 6.92 Å². The van der Waals surface area contributed by atoms with Crippen molar-refractivity contribution in [3.8, 4) is 11.4 Å². The molecule has 2 amide bonds. The molecular formula is C23H25ClN6O3.